The summed E-state index contributed by atoms with van der Waals surface area (Å²) in [4.78, 5) is 21.0. The van der Waals surface area contributed by atoms with E-state index in [0.717, 1.165) is 0 Å². The second-order valence-electron chi connectivity index (χ2n) is 3.28. The fourth-order valence-corrected chi connectivity index (χ4v) is 1.03. The second kappa shape index (κ2) is 9.00. The summed E-state index contributed by atoms with van der Waals surface area (Å²) in [5.41, 5.74) is -0.917. The molecule has 2 rings (SSSR count). The molecule has 0 atom stereocenters. The van der Waals surface area contributed by atoms with Gasteiger partial charge in [-0.25, -0.2) is 0 Å². The molecule has 0 amide bonds. The monoisotopic (exact) mass is 306 g/mol. The summed E-state index contributed by atoms with van der Waals surface area (Å²) in [6.07, 6.45) is 0. The molecule has 0 radical (unpaired) electrons. The Labute approximate surface area is 122 Å². The zero-order valence-corrected chi connectivity index (χ0v) is 13.1. The van der Waals surface area contributed by atoms with Crippen LogP contribution in [0, 0.1) is 0 Å². The molecule has 0 spiro atoms. The van der Waals surface area contributed by atoms with E-state index < -0.39 is 22.4 Å². The van der Waals surface area contributed by atoms with Crippen molar-refractivity contribution in [2.45, 2.75) is 0 Å². The molecule has 92 valence electrons. The van der Waals surface area contributed by atoms with Gasteiger partial charge in [0.25, 0.3) is 0 Å². The summed E-state index contributed by atoms with van der Waals surface area (Å²) in [5.74, 6) is -0.917. The minimum atomic E-state index is -0.458. The van der Waals surface area contributed by atoms with Crippen molar-refractivity contribution >= 4 is 0 Å². The average molecular weight is 308 g/mol. The van der Waals surface area contributed by atoms with Crippen molar-refractivity contribution < 1.29 is 29.7 Å². The van der Waals surface area contributed by atoms with Crippen molar-refractivity contribution in [1.29, 1.82) is 0 Å². The molecule has 0 unspecified atom stereocenters. The molecule has 0 fully saturated rings. The van der Waals surface area contributed by atoms with E-state index in [0.29, 0.717) is 0 Å². The van der Waals surface area contributed by atoms with Gasteiger partial charge < -0.3 is 10.2 Å². The van der Waals surface area contributed by atoms with Crippen LogP contribution in [0.2, 0.25) is 0 Å². The van der Waals surface area contributed by atoms with Gasteiger partial charge in [-0.15, -0.1) is 0 Å². The summed E-state index contributed by atoms with van der Waals surface area (Å²) in [6.45, 7) is 0. The van der Waals surface area contributed by atoms with Crippen LogP contribution in [-0.4, -0.2) is 0 Å². The van der Waals surface area contributed by atoms with Crippen LogP contribution in [0.3, 0.4) is 0 Å². The molecule has 5 heteroatoms. The van der Waals surface area contributed by atoms with Crippen LogP contribution in [0.15, 0.2) is 70.3 Å². The van der Waals surface area contributed by atoms with E-state index in [1.54, 1.807) is 36.4 Å². The zero-order valence-electron chi connectivity index (χ0n) is 10.1. The predicted molar refractivity (Wildman–Crippen MR) is 64.3 cm³/mol. The van der Waals surface area contributed by atoms with Gasteiger partial charge in [0.1, 0.15) is 0 Å². The van der Waals surface area contributed by atoms with Crippen molar-refractivity contribution in [3.8, 4) is 11.5 Å². The number of hydrogen-bond acceptors (Lipinski definition) is 4. The maximum absolute atomic E-state index is 10.5. The summed E-state index contributed by atoms with van der Waals surface area (Å²) in [5, 5.41) is 21.0. The third kappa shape index (κ3) is 6.48. The van der Waals surface area contributed by atoms with Crippen molar-refractivity contribution in [1.82, 2.24) is 0 Å². The molecule has 0 aromatic heterocycles. The van der Waals surface area contributed by atoms with Crippen molar-refractivity contribution in [2.75, 3.05) is 0 Å². The normalized spacial score (nSPS) is 8.42. The first kappa shape index (κ1) is 17.0. The van der Waals surface area contributed by atoms with E-state index in [2.05, 4.69) is 0 Å². The Hall–Kier alpha value is -2.00. The van der Waals surface area contributed by atoms with Crippen molar-refractivity contribution in [3.63, 3.8) is 0 Å². The van der Waals surface area contributed by atoms with Gasteiger partial charge >= 0.3 is 19.5 Å². The molecule has 0 aliphatic carbocycles. The Bertz CT molecular complexity index is 572. The fourth-order valence-electron chi connectivity index (χ4n) is 1.03. The number of hydrogen-bond donors (Lipinski definition) is 0. The van der Waals surface area contributed by atoms with Gasteiger partial charge in [0.05, 0.1) is 0 Å². The topological polar surface area (TPSA) is 80.3 Å². The first-order chi connectivity index (χ1) is 8.61. The maximum Gasteiger partial charge on any atom is 2.00 e. The first-order valence-corrected chi connectivity index (χ1v) is 5.14. The van der Waals surface area contributed by atoms with Gasteiger partial charge in [-0.3, -0.25) is 9.59 Å². The minimum Gasteiger partial charge on any atom is -0.870 e. The van der Waals surface area contributed by atoms with Crippen molar-refractivity contribution in [2.24, 2.45) is 0 Å². The second-order valence-corrected chi connectivity index (χ2v) is 3.28. The maximum atomic E-state index is 10.5. The van der Waals surface area contributed by atoms with Gasteiger partial charge in [0.15, 0.2) is 10.9 Å². The third-order valence-corrected chi connectivity index (χ3v) is 1.92. The van der Waals surface area contributed by atoms with Gasteiger partial charge in [-0.2, -0.15) is 0 Å². The Balaban J connectivity index is 0.000000324. The van der Waals surface area contributed by atoms with E-state index in [1.807, 2.05) is 0 Å². The van der Waals surface area contributed by atoms with E-state index in [1.165, 1.54) is 24.3 Å². The smallest absolute Gasteiger partial charge is 0.870 e. The molecule has 4 nitrogen and oxygen atoms in total. The van der Waals surface area contributed by atoms with Crippen LogP contribution in [0.1, 0.15) is 0 Å². The van der Waals surface area contributed by atoms with E-state index >= 15 is 0 Å². The molecular weight excluding hydrogens is 298 g/mol. The van der Waals surface area contributed by atoms with Crippen LogP contribution in [0.25, 0.3) is 0 Å². The standard InChI is InChI=1S/2C7H6O2.Zn/c2*8-6-4-2-1-3-5-7(6)9;/h2*1-5H,(H,8,9);/q;;+2/p-2. The molecule has 0 saturated carbocycles. The van der Waals surface area contributed by atoms with Crippen LogP contribution < -0.4 is 21.1 Å². The van der Waals surface area contributed by atoms with Crippen LogP contribution in [0.5, 0.6) is 11.5 Å². The molecule has 0 N–H and O–H groups in total. The van der Waals surface area contributed by atoms with E-state index in [9.17, 15) is 19.8 Å². The summed E-state index contributed by atoms with van der Waals surface area (Å²) < 4.78 is 0. The quantitative estimate of drug-likeness (QED) is 0.653. The Morgan fingerprint density at radius 2 is 0.895 bits per heavy atom. The Kier molecular flexibility index (Phi) is 8.06. The summed E-state index contributed by atoms with van der Waals surface area (Å²) in [7, 11) is 0. The van der Waals surface area contributed by atoms with E-state index in [-0.39, 0.29) is 19.5 Å². The predicted octanol–water partition coefficient (Wildman–Crippen LogP) is 0.238. The Morgan fingerprint density at radius 3 is 1.26 bits per heavy atom. The Morgan fingerprint density at radius 1 is 0.579 bits per heavy atom. The third-order valence-electron chi connectivity index (χ3n) is 1.92. The zero-order chi connectivity index (χ0) is 13.4. The minimum absolute atomic E-state index is 0. The molecule has 0 heterocycles. The van der Waals surface area contributed by atoms with Gasteiger partial charge in [-0.05, 0) is 12.1 Å². The molecule has 2 aromatic carbocycles. The molecule has 19 heavy (non-hydrogen) atoms. The molecule has 0 aliphatic heterocycles. The summed E-state index contributed by atoms with van der Waals surface area (Å²) >= 11 is 0. The van der Waals surface area contributed by atoms with Crippen LogP contribution in [-0.2, 0) is 19.5 Å². The first-order valence-electron chi connectivity index (χ1n) is 5.14. The van der Waals surface area contributed by atoms with Crippen LogP contribution >= 0.6 is 0 Å². The van der Waals surface area contributed by atoms with Gasteiger partial charge in [0.2, 0.25) is 0 Å². The largest absolute Gasteiger partial charge is 2.00 e. The van der Waals surface area contributed by atoms with Crippen molar-refractivity contribution in [3.05, 3.63) is 81.1 Å². The number of rotatable bonds is 0. The fraction of sp³-hybridized carbons (Fsp3) is 0. The molecule has 0 bridgehead atoms. The van der Waals surface area contributed by atoms with Crippen LogP contribution in [0.4, 0.5) is 0 Å². The van der Waals surface area contributed by atoms with E-state index in [4.69, 9.17) is 0 Å². The molecule has 2 aromatic rings. The van der Waals surface area contributed by atoms with Gasteiger partial charge in [-0.1, -0.05) is 60.0 Å². The molecule has 0 saturated heterocycles. The summed E-state index contributed by atoms with van der Waals surface area (Å²) in [6, 6.07) is 14.5. The van der Waals surface area contributed by atoms with Gasteiger partial charge in [0, 0.05) is 0 Å². The molecule has 0 aliphatic rings. The molecular formula is C14H10O4Zn. The average Bonchev–Trinajstić information content (AvgIpc) is 2.65. The SMILES string of the molecule is O=c1cccccc1[O-].O=c1cccccc1[O-].[Zn+2].